The zero-order valence-electron chi connectivity index (χ0n) is 20.1. The van der Waals surface area contributed by atoms with E-state index in [0.29, 0.717) is 54.5 Å². The Morgan fingerprint density at radius 1 is 1.11 bits per heavy atom. The predicted molar refractivity (Wildman–Crippen MR) is 131 cm³/mol. The molecule has 0 aliphatic carbocycles. The predicted octanol–water partition coefficient (Wildman–Crippen LogP) is 3.38. The average molecular weight is 483 g/mol. The van der Waals surface area contributed by atoms with Crippen LogP contribution in [0.5, 0.6) is 11.5 Å². The van der Waals surface area contributed by atoms with Crippen molar-refractivity contribution in [1.29, 1.82) is 0 Å². The summed E-state index contributed by atoms with van der Waals surface area (Å²) < 4.78 is 22.6. The van der Waals surface area contributed by atoms with Crippen LogP contribution in [0.3, 0.4) is 0 Å². The van der Waals surface area contributed by atoms with Gasteiger partial charge in [0, 0.05) is 30.6 Å². The Kier molecular flexibility index (Phi) is 7.71. The summed E-state index contributed by atoms with van der Waals surface area (Å²) in [4.78, 5) is 27.8. The molecule has 1 aromatic heterocycles. The van der Waals surface area contributed by atoms with Gasteiger partial charge in [0.25, 0.3) is 5.91 Å². The number of hydrogen-bond donors (Lipinski definition) is 2. The molecule has 4 rings (SSSR count). The molecule has 2 heterocycles. The van der Waals surface area contributed by atoms with Gasteiger partial charge in [-0.3, -0.25) is 9.89 Å². The van der Waals surface area contributed by atoms with Gasteiger partial charge in [-0.1, -0.05) is 18.2 Å². The topological polar surface area (TPSA) is 115 Å². The summed E-state index contributed by atoms with van der Waals surface area (Å²) in [5.41, 5.74) is 2.15. The highest BCUT2D eigenvalue weighted by Gasteiger charge is 2.25. The van der Waals surface area contributed by atoms with E-state index >= 15 is 0 Å². The summed E-state index contributed by atoms with van der Waals surface area (Å²) in [6, 6.07) is 10.8. The fraction of sp³-hybridized carbons (Fsp3) is 0.400. The van der Waals surface area contributed by atoms with Gasteiger partial charge < -0.3 is 29.2 Å². The molecule has 186 valence electrons. The second-order valence-corrected chi connectivity index (χ2v) is 7.94. The van der Waals surface area contributed by atoms with Crippen LogP contribution in [0.2, 0.25) is 0 Å². The van der Waals surface area contributed by atoms with Crippen molar-refractivity contribution < 1.29 is 28.5 Å². The number of hydrogen-bond acceptors (Lipinski definition) is 8. The first-order valence-corrected chi connectivity index (χ1v) is 11.7. The second kappa shape index (κ2) is 11.1. The Morgan fingerprint density at radius 3 is 2.57 bits per heavy atom. The first-order valence-electron chi connectivity index (χ1n) is 11.7. The van der Waals surface area contributed by atoms with E-state index in [4.69, 9.17) is 18.9 Å². The van der Waals surface area contributed by atoms with Crippen LogP contribution in [0.1, 0.15) is 31.3 Å². The molecular weight excluding hydrogens is 452 g/mol. The fourth-order valence-corrected chi connectivity index (χ4v) is 3.87. The molecule has 1 saturated heterocycles. The van der Waals surface area contributed by atoms with Crippen molar-refractivity contribution in [2.45, 2.75) is 26.9 Å². The van der Waals surface area contributed by atoms with Crippen LogP contribution in [0.25, 0.3) is 10.9 Å². The van der Waals surface area contributed by atoms with Crippen LogP contribution in [0.4, 0.5) is 11.4 Å². The van der Waals surface area contributed by atoms with Crippen molar-refractivity contribution in [3.05, 3.63) is 42.1 Å². The molecule has 1 unspecified atom stereocenters. The standard InChI is InChI=1S/C25H30N4O6/c1-4-33-21-15-20(29-10-12-32-13-11-29)22(34-5-2)14-19(21)26-24(30)16(3)35-25(31)23-17-8-6-7-9-18(17)27-28-23/h6-9,14-16H,4-5,10-13H2,1-3H3,(H,26,30)(H,27,28). The summed E-state index contributed by atoms with van der Waals surface area (Å²) in [5.74, 6) is -0.0584. The lowest BCUT2D eigenvalue weighted by molar-refractivity contribution is -0.123. The number of carbonyl (C=O) groups excluding carboxylic acids is 2. The van der Waals surface area contributed by atoms with Gasteiger partial charge >= 0.3 is 5.97 Å². The molecule has 1 fully saturated rings. The van der Waals surface area contributed by atoms with Gasteiger partial charge in [0.1, 0.15) is 11.5 Å². The van der Waals surface area contributed by atoms with E-state index in [9.17, 15) is 9.59 Å². The summed E-state index contributed by atoms with van der Waals surface area (Å²) in [6.45, 7) is 8.87. The van der Waals surface area contributed by atoms with E-state index in [-0.39, 0.29) is 5.69 Å². The monoisotopic (exact) mass is 482 g/mol. The molecular formula is C25H30N4O6. The summed E-state index contributed by atoms with van der Waals surface area (Å²) in [5, 5.41) is 10.3. The van der Waals surface area contributed by atoms with Crippen LogP contribution < -0.4 is 19.7 Å². The molecule has 2 aromatic carbocycles. The number of esters is 1. The largest absolute Gasteiger partial charge is 0.492 e. The first-order chi connectivity index (χ1) is 17.0. The molecule has 1 aliphatic rings. The Morgan fingerprint density at radius 2 is 1.83 bits per heavy atom. The molecule has 3 aromatic rings. The molecule has 10 nitrogen and oxygen atoms in total. The number of aromatic nitrogens is 2. The summed E-state index contributed by atoms with van der Waals surface area (Å²) in [7, 11) is 0. The van der Waals surface area contributed by atoms with E-state index in [1.54, 1.807) is 24.3 Å². The third kappa shape index (κ3) is 5.48. The van der Waals surface area contributed by atoms with Crippen molar-refractivity contribution in [2.24, 2.45) is 0 Å². The number of aromatic amines is 1. The number of ether oxygens (including phenoxy) is 4. The molecule has 1 atom stereocenters. The third-order valence-electron chi connectivity index (χ3n) is 5.59. The van der Waals surface area contributed by atoms with Crippen molar-refractivity contribution in [1.82, 2.24) is 10.2 Å². The van der Waals surface area contributed by atoms with Gasteiger partial charge in [-0.15, -0.1) is 0 Å². The van der Waals surface area contributed by atoms with E-state index in [1.165, 1.54) is 6.92 Å². The maximum Gasteiger partial charge on any atom is 0.360 e. The van der Waals surface area contributed by atoms with E-state index in [2.05, 4.69) is 20.4 Å². The minimum atomic E-state index is -1.07. The Balaban J connectivity index is 1.52. The van der Waals surface area contributed by atoms with Crippen LogP contribution >= 0.6 is 0 Å². The zero-order chi connectivity index (χ0) is 24.8. The number of nitrogens with zero attached hydrogens (tertiary/aromatic N) is 2. The number of amides is 1. The van der Waals surface area contributed by atoms with Gasteiger partial charge in [0.05, 0.1) is 43.3 Å². The Hall–Kier alpha value is -3.79. The normalized spacial score (nSPS) is 14.4. The molecule has 1 aliphatic heterocycles. The van der Waals surface area contributed by atoms with E-state index in [1.807, 2.05) is 26.0 Å². The number of fused-ring (bicyclic) bond motifs is 1. The number of benzene rings is 2. The molecule has 1 amide bonds. The summed E-state index contributed by atoms with van der Waals surface area (Å²) in [6.07, 6.45) is -1.07. The molecule has 0 saturated carbocycles. The number of rotatable bonds is 9. The highest BCUT2D eigenvalue weighted by Crippen LogP contribution is 2.39. The van der Waals surface area contributed by atoms with Crippen LogP contribution in [0, 0.1) is 0 Å². The van der Waals surface area contributed by atoms with Gasteiger partial charge in [-0.25, -0.2) is 4.79 Å². The second-order valence-electron chi connectivity index (χ2n) is 7.94. The Labute approximate surface area is 203 Å². The van der Waals surface area contributed by atoms with Crippen molar-refractivity contribution in [2.75, 3.05) is 49.7 Å². The zero-order valence-corrected chi connectivity index (χ0v) is 20.1. The number of para-hydroxylation sites is 1. The SMILES string of the molecule is CCOc1cc(N2CCOCC2)c(OCC)cc1NC(=O)C(C)OC(=O)c1n[nH]c2ccccc12. The maximum atomic E-state index is 13.0. The lowest BCUT2D eigenvalue weighted by atomic mass is 10.2. The molecule has 0 spiro atoms. The maximum absolute atomic E-state index is 13.0. The van der Waals surface area contributed by atoms with Gasteiger partial charge in [0.15, 0.2) is 11.8 Å². The number of H-pyrrole nitrogens is 1. The summed E-state index contributed by atoms with van der Waals surface area (Å²) >= 11 is 0. The van der Waals surface area contributed by atoms with Crippen molar-refractivity contribution >= 4 is 34.2 Å². The average Bonchev–Trinajstić information content (AvgIpc) is 3.30. The fourth-order valence-electron chi connectivity index (χ4n) is 3.87. The molecule has 0 bridgehead atoms. The first kappa shape index (κ1) is 24.3. The van der Waals surface area contributed by atoms with Crippen LogP contribution in [-0.2, 0) is 14.3 Å². The lowest BCUT2D eigenvalue weighted by Crippen LogP contribution is -2.36. The molecule has 0 radical (unpaired) electrons. The Bertz CT molecular complexity index is 1190. The number of anilines is 2. The van der Waals surface area contributed by atoms with Gasteiger partial charge in [-0.2, -0.15) is 5.10 Å². The highest BCUT2D eigenvalue weighted by molar-refractivity contribution is 6.03. The number of nitrogens with one attached hydrogen (secondary N) is 2. The quantitative estimate of drug-likeness (QED) is 0.446. The molecule has 2 N–H and O–H groups in total. The highest BCUT2D eigenvalue weighted by atomic mass is 16.5. The van der Waals surface area contributed by atoms with Crippen molar-refractivity contribution in [3.63, 3.8) is 0 Å². The third-order valence-corrected chi connectivity index (χ3v) is 5.59. The van der Waals surface area contributed by atoms with E-state index in [0.717, 1.165) is 18.8 Å². The van der Waals surface area contributed by atoms with Crippen LogP contribution in [-0.4, -0.2) is 67.7 Å². The minimum Gasteiger partial charge on any atom is -0.492 e. The van der Waals surface area contributed by atoms with E-state index < -0.39 is 18.0 Å². The smallest absolute Gasteiger partial charge is 0.360 e. The molecule has 35 heavy (non-hydrogen) atoms. The minimum absolute atomic E-state index is 0.128. The number of morpholine rings is 1. The van der Waals surface area contributed by atoms with Gasteiger partial charge in [-0.05, 0) is 26.8 Å². The molecule has 10 heteroatoms. The van der Waals surface area contributed by atoms with Gasteiger partial charge in [0.2, 0.25) is 0 Å². The lowest BCUT2D eigenvalue weighted by Gasteiger charge is -2.31. The van der Waals surface area contributed by atoms with Crippen LogP contribution in [0.15, 0.2) is 36.4 Å². The van der Waals surface area contributed by atoms with Crippen molar-refractivity contribution in [3.8, 4) is 11.5 Å². The number of carbonyl (C=O) groups is 2.